The smallest absolute Gasteiger partial charge is 0.137 e. The van der Waals surface area contributed by atoms with Gasteiger partial charge in [-0.25, -0.2) is 4.39 Å². The first-order valence-electron chi connectivity index (χ1n) is 3.91. The highest BCUT2D eigenvalue weighted by molar-refractivity contribution is 7.98. The summed E-state index contributed by atoms with van der Waals surface area (Å²) in [6, 6.07) is 3.53. The van der Waals surface area contributed by atoms with Crippen LogP contribution in [0.15, 0.2) is 17.0 Å². The molecule has 1 aliphatic heterocycles. The summed E-state index contributed by atoms with van der Waals surface area (Å²) < 4.78 is 13.2. The van der Waals surface area contributed by atoms with Gasteiger partial charge in [-0.15, -0.1) is 11.8 Å². The van der Waals surface area contributed by atoms with Crippen LogP contribution in [0.2, 0.25) is 0 Å². The highest BCUT2D eigenvalue weighted by atomic mass is 32.2. The predicted molar refractivity (Wildman–Crippen MR) is 50.4 cm³/mol. The minimum atomic E-state index is -0.0926. The highest BCUT2D eigenvalue weighted by Crippen LogP contribution is 2.29. The summed E-state index contributed by atoms with van der Waals surface area (Å²) in [5.41, 5.74) is 2.20. The van der Waals surface area contributed by atoms with Crippen LogP contribution in [0.3, 0.4) is 0 Å². The largest absolute Gasteiger partial charge is 0.384 e. The molecular formula is C9H10FNS. The molecule has 1 aromatic rings. The summed E-state index contributed by atoms with van der Waals surface area (Å²) in [5, 5.41) is 3.22. The molecule has 1 aromatic carbocycles. The third-order valence-electron chi connectivity index (χ3n) is 2.09. The van der Waals surface area contributed by atoms with Crippen LogP contribution in [-0.2, 0) is 6.42 Å². The highest BCUT2D eigenvalue weighted by Gasteiger charge is 2.13. The molecule has 0 saturated carbocycles. The third-order valence-corrected chi connectivity index (χ3v) is 2.84. The van der Waals surface area contributed by atoms with Crippen molar-refractivity contribution in [3.05, 3.63) is 23.5 Å². The van der Waals surface area contributed by atoms with Crippen LogP contribution < -0.4 is 5.32 Å². The predicted octanol–water partition coefficient (Wildman–Crippen LogP) is 2.52. The van der Waals surface area contributed by atoms with E-state index in [9.17, 15) is 4.39 Å². The van der Waals surface area contributed by atoms with Crippen molar-refractivity contribution in [3.8, 4) is 0 Å². The van der Waals surface area contributed by atoms with Crippen molar-refractivity contribution in [2.45, 2.75) is 11.3 Å². The monoisotopic (exact) mass is 183 g/mol. The van der Waals surface area contributed by atoms with Gasteiger partial charge in [0.15, 0.2) is 0 Å². The molecule has 0 atom stereocenters. The minimum Gasteiger partial charge on any atom is -0.384 e. The van der Waals surface area contributed by atoms with Gasteiger partial charge in [-0.1, -0.05) is 0 Å². The van der Waals surface area contributed by atoms with Gasteiger partial charge in [0, 0.05) is 17.1 Å². The van der Waals surface area contributed by atoms with Crippen molar-refractivity contribution in [1.29, 1.82) is 0 Å². The third kappa shape index (κ3) is 1.18. The average Bonchev–Trinajstić information content (AvgIpc) is 2.49. The van der Waals surface area contributed by atoms with E-state index < -0.39 is 0 Å². The fraction of sp³-hybridized carbons (Fsp3) is 0.333. The molecule has 1 nitrogen and oxygen atoms in total. The molecular weight excluding hydrogens is 173 g/mol. The molecule has 2 rings (SSSR count). The fourth-order valence-corrected chi connectivity index (χ4v) is 1.94. The summed E-state index contributed by atoms with van der Waals surface area (Å²) in [5.74, 6) is -0.0926. The van der Waals surface area contributed by atoms with Crippen LogP contribution in [0.1, 0.15) is 5.56 Å². The van der Waals surface area contributed by atoms with Gasteiger partial charge in [-0.05, 0) is 30.4 Å². The second kappa shape index (κ2) is 2.98. The summed E-state index contributed by atoms with van der Waals surface area (Å²) in [6.07, 6.45) is 2.83. The van der Waals surface area contributed by atoms with Crippen molar-refractivity contribution in [2.75, 3.05) is 18.1 Å². The van der Waals surface area contributed by atoms with E-state index in [1.165, 1.54) is 11.8 Å². The van der Waals surface area contributed by atoms with Crippen LogP contribution in [0.25, 0.3) is 0 Å². The van der Waals surface area contributed by atoms with E-state index in [0.717, 1.165) is 29.1 Å². The molecule has 0 saturated heterocycles. The van der Waals surface area contributed by atoms with E-state index in [0.29, 0.717) is 0 Å². The molecule has 1 N–H and O–H groups in total. The first-order valence-corrected chi connectivity index (χ1v) is 5.14. The number of nitrogens with one attached hydrogen (secondary N) is 1. The quantitative estimate of drug-likeness (QED) is 0.671. The van der Waals surface area contributed by atoms with Gasteiger partial charge in [0.25, 0.3) is 0 Å². The second-order valence-electron chi connectivity index (χ2n) is 2.82. The van der Waals surface area contributed by atoms with E-state index >= 15 is 0 Å². The van der Waals surface area contributed by atoms with Gasteiger partial charge in [0.1, 0.15) is 5.82 Å². The van der Waals surface area contributed by atoms with Gasteiger partial charge >= 0.3 is 0 Å². The molecule has 3 heteroatoms. The van der Waals surface area contributed by atoms with Gasteiger partial charge < -0.3 is 5.32 Å². The standard InChI is InChI=1S/C9H10FNS/c1-12-9-5-8-6(2-3-11-8)4-7(9)10/h4-5,11H,2-3H2,1H3. The zero-order chi connectivity index (χ0) is 8.55. The molecule has 12 heavy (non-hydrogen) atoms. The number of hydrogen-bond acceptors (Lipinski definition) is 2. The minimum absolute atomic E-state index is 0.0926. The Morgan fingerprint density at radius 2 is 2.33 bits per heavy atom. The van der Waals surface area contributed by atoms with E-state index in [-0.39, 0.29) is 5.82 Å². The number of fused-ring (bicyclic) bond motifs is 1. The number of rotatable bonds is 1. The van der Waals surface area contributed by atoms with Crippen LogP contribution in [-0.4, -0.2) is 12.8 Å². The number of anilines is 1. The normalized spacial score (nSPS) is 14.2. The topological polar surface area (TPSA) is 12.0 Å². The summed E-state index contributed by atoms with van der Waals surface area (Å²) in [7, 11) is 0. The Labute approximate surface area is 75.4 Å². The van der Waals surface area contributed by atoms with Crippen LogP contribution in [0, 0.1) is 5.82 Å². The fourth-order valence-electron chi connectivity index (χ4n) is 1.45. The van der Waals surface area contributed by atoms with E-state index in [1.807, 2.05) is 12.3 Å². The van der Waals surface area contributed by atoms with Crippen molar-refractivity contribution in [2.24, 2.45) is 0 Å². The van der Waals surface area contributed by atoms with Gasteiger partial charge in [-0.2, -0.15) is 0 Å². The first-order chi connectivity index (χ1) is 5.81. The van der Waals surface area contributed by atoms with E-state index in [2.05, 4.69) is 5.32 Å². The summed E-state index contributed by atoms with van der Waals surface area (Å²) >= 11 is 1.45. The molecule has 0 radical (unpaired) electrons. The van der Waals surface area contributed by atoms with Crippen molar-refractivity contribution in [1.82, 2.24) is 0 Å². The Morgan fingerprint density at radius 3 is 3.08 bits per heavy atom. The first kappa shape index (κ1) is 7.92. The number of thioether (sulfide) groups is 1. The zero-order valence-corrected chi connectivity index (χ0v) is 7.67. The maximum Gasteiger partial charge on any atom is 0.137 e. The maximum absolute atomic E-state index is 13.2. The molecule has 0 amide bonds. The van der Waals surface area contributed by atoms with Crippen LogP contribution >= 0.6 is 11.8 Å². The van der Waals surface area contributed by atoms with Crippen molar-refractivity contribution < 1.29 is 4.39 Å². The molecule has 1 aliphatic rings. The van der Waals surface area contributed by atoms with Crippen molar-refractivity contribution >= 4 is 17.4 Å². The zero-order valence-electron chi connectivity index (χ0n) is 6.86. The molecule has 1 heterocycles. The van der Waals surface area contributed by atoms with Crippen molar-refractivity contribution in [3.63, 3.8) is 0 Å². The Morgan fingerprint density at radius 1 is 1.50 bits per heavy atom. The Hall–Kier alpha value is -0.700. The molecule has 0 aliphatic carbocycles. The lowest BCUT2D eigenvalue weighted by Gasteiger charge is -2.03. The number of hydrogen-bond donors (Lipinski definition) is 1. The Balaban J connectivity index is 2.49. The van der Waals surface area contributed by atoms with Gasteiger partial charge in [0.05, 0.1) is 0 Å². The lowest BCUT2D eigenvalue weighted by molar-refractivity contribution is 0.601. The summed E-state index contributed by atoms with van der Waals surface area (Å²) in [4.78, 5) is 0.725. The van der Waals surface area contributed by atoms with Crippen LogP contribution in [0.4, 0.5) is 10.1 Å². The molecule has 64 valence electrons. The lowest BCUT2D eigenvalue weighted by atomic mass is 10.2. The molecule has 0 bridgehead atoms. The average molecular weight is 183 g/mol. The molecule has 0 aromatic heterocycles. The number of benzene rings is 1. The SMILES string of the molecule is CSc1cc2c(cc1F)CCN2. The number of halogens is 1. The Bertz CT molecular complexity index is 311. The molecule has 0 spiro atoms. The lowest BCUT2D eigenvalue weighted by Crippen LogP contribution is -1.91. The molecule has 0 unspecified atom stereocenters. The molecule has 0 fully saturated rings. The van der Waals surface area contributed by atoms with E-state index in [4.69, 9.17) is 0 Å². The van der Waals surface area contributed by atoms with E-state index in [1.54, 1.807) is 6.07 Å². The summed E-state index contributed by atoms with van der Waals surface area (Å²) in [6.45, 7) is 0.937. The van der Waals surface area contributed by atoms with Gasteiger partial charge in [-0.3, -0.25) is 0 Å². The second-order valence-corrected chi connectivity index (χ2v) is 3.67. The Kier molecular flexibility index (Phi) is 1.97. The van der Waals surface area contributed by atoms with Gasteiger partial charge in [0.2, 0.25) is 0 Å². The van der Waals surface area contributed by atoms with Crippen LogP contribution in [0.5, 0.6) is 0 Å². The maximum atomic E-state index is 13.2.